The summed E-state index contributed by atoms with van der Waals surface area (Å²) in [5.74, 6) is 0.304. The second kappa shape index (κ2) is 9.57. The van der Waals surface area contributed by atoms with E-state index in [4.69, 9.17) is 9.47 Å². The van der Waals surface area contributed by atoms with Crippen LogP contribution in [0.25, 0.3) is 39.0 Å². The summed E-state index contributed by atoms with van der Waals surface area (Å²) in [7, 11) is 1.52. The first-order chi connectivity index (χ1) is 17.8. The molecule has 0 radical (unpaired) electrons. The molecule has 0 saturated heterocycles. The maximum absolute atomic E-state index is 13.8. The molecule has 5 aromatic rings. The van der Waals surface area contributed by atoms with Crippen molar-refractivity contribution >= 4 is 22.1 Å². The first kappa shape index (κ1) is 24.3. The smallest absolute Gasteiger partial charge is 0.422 e. The molecule has 0 spiro atoms. The van der Waals surface area contributed by atoms with Crippen LogP contribution in [0, 0.1) is 0 Å². The van der Waals surface area contributed by atoms with E-state index < -0.39 is 18.3 Å². The minimum atomic E-state index is -4.53. The Hall–Kier alpha value is -4.41. The Labute approximate surface area is 208 Å². The van der Waals surface area contributed by atoms with Crippen LogP contribution in [0.3, 0.4) is 0 Å². The van der Waals surface area contributed by atoms with Crippen LogP contribution in [0.2, 0.25) is 0 Å². The monoisotopic (exact) mass is 509 g/mol. The molecule has 3 aromatic heterocycles. The number of aryl methyl sites for hydroxylation is 1. The van der Waals surface area contributed by atoms with Gasteiger partial charge in [-0.15, -0.1) is 0 Å². The van der Waals surface area contributed by atoms with Crippen LogP contribution in [0.5, 0.6) is 11.6 Å². The summed E-state index contributed by atoms with van der Waals surface area (Å²) in [6.45, 7) is 1.33. The Morgan fingerprint density at radius 1 is 0.973 bits per heavy atom. The number of hydrogen-bond donors (Lipinski definition) is 0. The molecule has 0 aliphatic heterocycles. The number of pyridine rings is 1. The second-order valence-electron chi connectivity index (χ2n) is 8.36. The van der Waals surface area contributed by atoms with E-state index >= 15 is 0 Å². The van der Waals surface area contributed by atoms with Crippen molar-refractivity contribution in [2.75, 3.05) is 13.7 Å². The highest BCUT2D eigenvalue weighted by atomic mass is 19.4. The molecular formula is C26H22F3N5O3. The number of ether oxygens (including phenoxy) is 2. The van der Waals surface area contributed by atoms with Crippen molar-refractivity contribution in [1.82, 2.24) is 24.3 Å². The van der Waals surface area contributed by atoms with Crippen LogP contribution in [0.1, 0.15) is 13.3 Å². The molecular weight excluding hydrogens is 487 g/mol. The maximum Gasteiger partial charge on any atom is 0.422 e. The topological polar surface area (TPSA) is 84.1 Å². The molecule has 0 aliphatic carbocycles. The minimum absolute atomic E-state index is 0.0652. The fourth-order valence-corrected chi connectivity index (χ4v) is 4.01. The third-order valence-electron chi connectivity index (χ3n) is 5.67. The lowest BCUT2D eigenvalue weighted by Gasteiger charge is -2.14. The summed E-state index contributed by atoms with van der Waals surface area (Å²) in [4.78, 5) is 22.5. The lowest BCUT2D eigenvalue weighted by atomic mass is 10.1. The summed E-state index contributed by atoms with van der Waals surface area (Å²) in [5, 5.41) is 5.39. The first-order valence-corrected chi connectivity index (χ1v) is 11.5. The van der Waals surface area contributed by atoms with E-state index in [1.165, 1.54) is 23.8 Å². The zero-order chi connectivity index (χ0) is 26.2. The molecule has 0 bridgehead atoms. The van der Waals surface area contributed by atoms with Crippen molar-refractivity contribution in [2.45, 2.75) is 26.1 Å². The summed E-state index contributed by atoms with van der Waals surface area (Å²) in [6, 6.07) is 14.9. The van der Waals surface area contributed by atoms with Crippen LogP contribution in [0.15, 0.2) is 65.6 Å². The fourth-order valence-electron chi connectivity index (χ4n) is 4.01. The predicted molar refractivity (Wildman–Crippen MR) is 132 cm³/mol. The molecule has 0 N–H and O–H groups in total. The van der Waals surface area contributed by atoms with Crippen molar-refractivity contribution < 1.29 is 22.6 Å². The number of benzene rings is 2. The van der Waals surface area contributed by atoms with Crippen LogP contribution in [-0.4, -0.2) is 44.2 Å². The summed E-state index contributed by atoms with van der Waals surface area (Å²) in [6.07, 6.45) is -1.68. The van der Waals surface area contributed by atoms with Crippen molar-refractivity contribution in [1.29, 1.82) is 0 Å². The molecule has 0 amide bonds. The predicted octanol–water partition coefficient (Wildman–Crippen LogP) is 5.16. The van der Waals surface area contributed by atoms with Gasteiger partial charge in [-0.2, -0.15) is 23.3 Å². The van der Waals surface area contributed by atoms with Gasteiger partial charge in [0.1, 0.15) is 17.0 Å². The summed E-state index contributed by atoms with van der Waals surface area (Å²) in [5.41, 5.74) is 1.87. The second-order valence-corrected chi connectivity index (χ2v) is 8.36. The molecule has 11 heteroatoms. The van der Waals surface area contributed by atoms with Crippen LogP contribution >= 0.6 is 0 Å². The number of aromatic nitrogens is 5. The molecule has 8 nitrogen and oxygen atoms in total. The van der Waals surface area contributed by atoms with E-state index in [0.29, 0.717) is 22.5 Å². The number of fused-ring (bicyclic) bond motifs is 2. The van der Waals surface area contributed by atoms with Crippen molar-refractivity contribution in [3.63, 3.8) is 0 Å². The average Bonchev–Trinajstić information content (AvgIpc) is 3.28. The van der Waals surface area contributed by atoms with E-state index in [-0.39, 0.29) is 17.2 Å². The Kier molecular flexibility index (Phi) is 6.28. The van der Waals surface area contributed by atoms with Gasteiger partial charge in [0.2, 0.25) is 5.88 Å². The Morgan fingerprint density at radius 3 is 2.43 bits per heavy atom. The van der Waals surface area contributed by atoms with E-state index in [9.17, 15) is 18.0 Å². The van der Waals surface area contributed by atoms with Gasteiger partial charge in [-0.25, -0.2) is 4.98 Å². The molecule has 5 rings (SSSR count). The molecule has 0 fully saturated rings. The largest absolute Gasteiger partial charge is 0.497 e. The lowest BCUT2D eigenvalue weighted by Crippen LogP contribution is -2.23. The van der Waals surface area contributed by atoms with Crippen molar-refractivity contribution in [3.8, 4) is 28.6 Å². The highest BCUT2D eigenvalue weighted by Gasteiger charge is 2.29. The summed E-state index contributed by atoms with van der Waals surface area (Å²) < 4.78 is 51.3. The van der Waals surface area contributed by atoms with E-state index in [1.54, 1.807) is 30.3 Å². The highest BCUT2D eigenvalue weighted by molar-refractivity contribution is 5.85. The maximum atomic E-state index is 13.8. The van der Waals surface area contributed by atoms with Gasteiger partial charge < -0.3 is 9.47 Å². The normalized spacial score (nSPS) is 11.8. The molecule has 0 saturated carbocycles. The molecule has 0 aliphatic rings. The average molecular weight is 509 g/mol. The number of hydrogen-bond acceptors (Lipinski definition) is 6. The van der Waals surface area contributed by atoms with Crippen molar-refractivity contribution in [2.24, 2.45) is 0 Å². The zero-order valence-corrected chi connectivity index (χ0v) is 20.0. The van der Waals surface area contributed by atoms with Gasteiger partial charge in [0.05, 0.1) is 18.3 Å². The van der Waals surface area contributed by atoms with Gasteiger partial charge in [-0.3, -0.25) is 14.0 Å². The lowest BCUT2D eigenvalue weighted by molar-refractivity contribution is -0.154. The highest BCUT2D eigenvalue weighted by Crippen LogP contribution is 2.26. The third-order valence-corrected chi connectivity index (χ3v) is 5.67. The van der Waals surface area contributed by atoms with Gasteiger partial charge >= 0.3 is 6.18 Å². The van der Waals surface area contributed by atoms with Gasteiger partial charge in [-0.1, -0.05) is 13.0 Å². The van der Waals surface area contributed by atoms with E-state index in [2.05, 4.69) is 22.0 Å². The SMILES string of the molecule is CCCn1cc2cc(-c3nc4ccc(OCC(F)(F)F)nc4n(-c4ccc(OC)cc4)c3=O)ccc2n1. The first-order valence-electron chi connectivity index (χ1n) is 11.5. The molecule has 0 unspecified atom stereocenters. The molecule has 2 aromatic carbocycles. The standard InChI is InChI=1S/C26H22F3N5O3/c1-3-12-33-14-17-13-16(4-9-20(17)32-33)23-25(35)34(18-5-7-19(36-2)8-6-18)24-21(30-23)10-11-22(31-24)37-15-26(27,28)29/h4-11,13-14H,3,12,15H2,1-2H3. The Balaban J connectivity index is 1.69. The van der Waals surface area contributed by atoms with Gasteiger partial charge in [-0.05, 0) is 48.9 Å². The van der Waals surface area contributed by atoms with Crippen LogP contribution < -0.4 is 15.0 Å². The number of nitrogens with zero attached hydrogens (tertiary/aromatic N) is 5. The fraction of sp³-hybridized carbons (Fsp3) is 0.231. The summed E-state index contributed by atoms with van der Waals surface area (Å²) >= 11 is 0. The van der Waals surface area contributed by atoms with Gasteiger partial charge in [0.25, 0.3) is 5.56 Å². The van der Waals surface area contributed by atoms with Crippen molar-refractivity contribution in [3.05, 3.63) is 71.1 Å². The zero-order valence-electron chi connectivity index (χ0n) is 20.0. The molecule has 190 valence electrons. The number of alkyl halides is 3. The molecule has 0 atom stereocenters. The van der Waals surface area contributed by atoms with Gasteiger partial charge in [0, 0.05) is 29.8 Å². The van der Waals surface area contributed by atoms with E-state index in [1.807, 2.05) is 23.0 Å². The minimum Gasteiger partial charge on any atom is -0.497 e. The Bertz CT molecular complexity index is 1640. The van der Waals surface area contributed by atoms with Gasteiger partial charge in [0.15, 0.2) is 12.3 Å². The number of halogens is 3. The van der Waals surface area contributed by atoms with Crippen LogP contribution in [-0.2, 0) is 6.54 Å². The quantitative estimate of drug-likeness (QED) is 0.302. The Morgan fingerprint density at radius 2 is 1.73 bits per heavy atom. The molecule has 3 heterocycles. The third kappa shape index (κ3) is 4.97. The van der Waals surface area contributed by atoms with Crippen LogP contribution in [0.4, 0.5) is 13.2 Å². The number of methoxy groups -OCH3 is 1. The van der Waals surface area contributed by atoms with E-state index in [0.717, 1.165) is 23.9 Å². The molecule has 37 heavy (non-hydrogen) atoms. The number of rotatable bonds is 7.